The number of nitrogens with zero attached hydrogens (tertiary/aromatic N) is 2. The zero-order chi connectivity index (χ0) is 15.1. The average molecular weight is 302 g/mol. The number of carbonyl (C=O) groups is 1. The van der Waals surface area contributed by atoms with E-state index in [4.69, 9.17) is 21.6 Å². The van der Waals surface area contributed by atoms with E-state index in [1.165, 1.54) is 12.3 Å². The van der Waals surface area contributed by atoms with Gasteiger partial charge in [0, 0.05) is 6.20 Å². The molecule has 2 aromatic rings. The number of rotatable bonds is 5. The van der Waals surface area contributed by atoms with Gasteiger partial charge in [0.2, 0.25) is 0 Å². The molecule has 0 radical (unpaired) electrons. The van der Waals surface area contributed by atoms with Crippen LogP contribution < -0.4 is 10.1 Å². The van der Waals surface area contributed by atoms with Crippen LogP contribution in [0, 0.1) is 11.3 Å². The van der Waals surface area contributed by atoms with E-state index in [-0.39, 0.29) is 11.6 Å². The van der Waals surface area contributed by atoms with Gasteiger partial charge in [-0.25, -0.2) is 4.98 Å². The fourth-order valence-corrected chi connectivity index (χ4v) is 1.77. The molecule has 1 heterocycles. The minimum absolute atomic E-state index is 0.269. The van der Waals surface area contributed by atoms with Crippen LogP contribution in [0.25, 0.3) is 0 Å². The number of carbonyl (C=O) groups excluding carboxylic acids is 1. The van der Waals surface area contributed by atoms with Crippen molar-refractivity contribution in [2.75, 3.05) is 13.2 Å². The third-order valence-electron chi connectivity index (χ3n) is 2.62. The van der Waals surface area contributed by atoms with Gasteiger partial charge >= 0.3 is 0 Å². The number of para-hydroxylation sites is 1. The molecule has 21 heavy (non-hydrogen) atoms. The molecule has 0 aliphatic carbocycles. The Hall–Kier alpha value is -2.58. The maximum Gasteiger partial charge on any atom is 0.252 e. The number of halogens is 1. The van der Waals surface area contributed by atoms with Crippen LogP contribution >= 0.6 is 11.6 Å². The monoisotopic (exact) mass is 301 g/mol. The van der Waals surface area contributed by atoms with Crippen molar-refractivity contribution in [3.8, 4) is 11.8 Å². The van der Waals surface area contributed by atoms with Crippen LogP contribution in [0.5, 0.6) is 5.75 Å². The number of benzene rings is 1. The Morgan fingerprint density at radius 3 is 2.81 bits per heavy atom. The molecule has 2 rings (SSSR count). The first-order chi connectivity index (χ1) is 10.2. The van der Waals surface area contributed by atoms with Crippen molar-refractivity contribution in [2.45, 2.75) is 0 Å². The number of hydrogen-bond acceptors (Lipinski definition) is 4. The Labute approximate surface area is 127 Å². The molecule has 106 valence electrons. The molecule has 0 bridgehead atoms. The lowest BCUT2D eigenvalue weighted by Gasteiger charge is -2.08. The third-order valence-corrected chi connectivity index (χ3v) is 2.93. The fourth-order valence-electron chi connectivity index (χ4n) is 1.58. The summed E-state index contributed by atoms with van der Waals surface area (Å²) in [5.41, 5.74) is 0.667. The van der Waals surface area contributed by atoms with Crippen molar-refractivity contribution < 1.29 is 9.53 Å². The van der Waals surface area contributed by atoms with E-state index in [0.717, 1.165) is 0 Å². The SMILES string of the molecule is N#Cc1ccc(C(=O)NCCOc2ccccc2Cl)cn1. The van der Waals surface area contributed by atoms with Crippen LogP contribution in [0.4, 0.5) is 0 Å². The van der Waals surface area contributed by atoms with Crippen molar-refractivity contribution >= 4 is 17.5 Å². The Kier molecular flexibility index (Phi) is 5.13. The quantitative estimate of drug-likeness (QED) is 0.861. The highest BCUT2D eigenvalue weighted by atomic mass is 35.5. The minimum Gasteiger partial charge on any atom is -0.490 e. The van der Waals surface area contributed by atoms with E-state index in [1.54, 1.807) is 18.2 Å². The first-order valence-corrected chi connectivity index (χ1v) is 6.60. The van der Waals surface area contributed by atoms with Gasteiger partial charge < -0.3 is 10.1 Å². The molecule has 0 fully saturated rings. The lowest BCUT2D eigenvalue weighted by molar-refractivity contribution is 0.0946. The second kappa shape index (κ2) is 7.27. The van der Waals surface area contributed by atoms with Gasteiger partial charge in [0.15, 0.2) is 0 Å². The van der Waals surface area contributed by atoms with Crippen molar-refractivity contribution in [3.63, 3.8) is 0 Å². The molecular weight excluding hydrogens is 290 g/mol. The van der Waals surface area contributed by atoms with Gasteiger partial charge in [0.25, 0.3) is 5.91 Å². The molecule has 0 saturated heterocycles. The van der Waals surface area contributed by atoms with Crippen LogP contribution in [-0.2, 0) is 0 Å². The molecule has 6 heteroatoms. The Morgan fingerprint density at radius 2 is 2.14 bits per heavy atom. The summed E-state index contributed by atoms with van der Waals surface area (Å²) in [5.74, 6) is 0.309. The van der Waals surface area contributed by atoms with E-state index in [1.807, 2.05) is 18.2 Å². The average Bonchev–Trinajstić information content (AvgIpc) is 2.53. The molecular formula is C15H12ClN3O2. The van der Waals surface area contributed by atoms with E-state index < -0.39 is 0 Å². The molecule has 1 amide bonds. The van der Waals surface area contributed by atoms with Crippen LogP contribution in [-0.4, -0.2) is 24.0 Å². The Balaban J connectivity index is 1.79. The van der Waals surface area contributed by atoms with Gasteiger partial charge in [-0.05, 0) is 24.3 Å². The summed E-state index contributed by atoms with van der Waals surface area (Å²) in [7, 11) is 0. The number of ether oxygens (including phenoxy) is 1. The summed E-state index contributed by atoms with van der Waals surface area (Å²) in [5, 5.41) is 11.9. The number of amides is 1. The summed E-state index contributed by atoms with van der Waals surface area (Å²) >= 11 is 5.94. The van der Waals surface area contributed by atoms with Gasteiger partial charge in [-0.2, -0.15) is 5.26 Å². The van der Waals surface area contributed by atoms with Crippen LogP contribution in [0.1, 0.15) is 16.1 Å². The highest BCUT2D eigenvalue weighted by Crippen LogP contribution is 2.22. The van der Waals surface area contributed by atoms with Crippen LogP contribution in [0.3, 0.4) is 0 Å². The number of nitrogens with one attached hydrogen (secondary N) is 1. The summed E-state index contributed by atoms with van der Waals surface area (Å²) in [6, 6.07) is 12.1. The largest absolute Gasteiger partial charge is 0.490 e. The Bertz CT molecular complexity index is 665. The summed E-state index contributed by atoms with van der Waals surface area (Å²) in [6.07, 6.45) is 1.36. The third kappa shape index (κ3) is 4.20. The standard InChI is InChI=1S/C15H12ClN3O2/c16-13-3-1-2-4-14(13)21-8-7-18-15(20)11-5-6-12(9-17)19-10-11/h1-6,10H,7-8H2,(H,18,20). The van der Waals surface area contributed by atoms with Gasteiger partial charge in [0.05, 0.1) is 17.1 Å². The number of pyridine rings is 1. The fraction of sp³-hybridized carbons (Fsp3) is 0.133. The minimum atomic E-state index is -0.269. The van der Waals surface area contributed by atoms with Crippen molar-refractivity contribution in [1.29, 1.82) is 5.26 Å². The van der Waals surface area contributed by atoms with Crippen LogP contribution in [0.2, 0.25) is 5.02 Å². The number of nitriles is 1. The molecule has 0 aliphatic heterocycles. The molecule has 0 aliphatic rings. The smallest absolute Gasteiger partial charge is 0.252 e. The number of hydrogen-bond donors (Lipinski definition) is 1. The second-order valence-corrected chi connectivity index (χ2v) is 4.49. The lowest BCUT2D eigenvalue weighted by atomic mass is 10.2. The van der Waals surface area contributed by atoms with Gasteiger partial charge in [-0.1, -0.05) is 23.7 Å². The second-order valence-electron chi connectivity index (χ2n) is 4.08. The first kappa shape index (κ1) is 14.8. The number of aromatic nitrogens is 1. The van der Waals surface area contributed by atoms with Gasteiger partial charge in [-0.3, -0.25) is 4.79 Å². The van der Waals surface area contributed by atoms with Crippen LogP contribution in [0.15, 0.2) is 42.6 Å². The highest BCUT2D eigenvalue weighted by molar-refractivity contribution is 6.32. The Morgan fingerprint density at radius 1 is 1.33 bits per heavy atom. The maximum absolute atomic E-state index is 11.8. The summed E-state index contributed by atoms with van der Waals surface area (Å²) < 4.78 is 5.45. The first-order valence-electron chi connectivity index (χ1n) is 6.22. The van der Waals surface area contributed by atoms with E-state index in [2.05, 4.69) is 10.3 Å². The molecule has 1 N–H and O–H groups in total. The summed E-state index contributed by atoms with van der Waals surface area (Å²) in [6.45, 7) is 0.642. The van der Waals surface area contributed by atoms with Crippen molar-refractivity contribution in [2.24, 2.45) is 0 Å². The molecule has 0 atom stereocenters. The van der Waals surface area contributed by atoms with Gasteiger partial charge in [-0.15, -0.1) is 0 Å². The van der Waals surface area contributed by atoms with E-state index >= 15 is 0 Å². The lowest BCUT2D eigenvalue weighted by Crippen LogP contribution is -2.28. The summed E-state index contributed by atoms with van der Waals surface area (Å²) in [4.78, 5) is 15.6. The predicted octanol–water partition coefficient (Wildman–Crippen LogP) is 2.42. The molecule has 0 spiro atoms. The van der Waals surface area contributed by atoms with Gasteiger partial charge in [0.1, 0.15) is 24.1 Å². The zero-order valence-electron chi connectivity index (χ0n) is 11.0. The zero-order valence-corrected chi connectivity index (χ0v) is 11.8. The molecule has 5 nitrogen and oxygen atoms in total. The van der Waals surface area contributed by atoms with E-state index in [0.29, 0.717) is 29.5 Å². The highest BCUT2D eigenvalue weighted by Gasteiger charge is 2.06. The predicted molar refractivity (Wildman–Crippen MR) is 78.2 cm³/mol. The maximum atomic E-state index is 11.8. The topological polar surface area (TPSA) is 75.0 Å². The van der Waals surface area contributed by atoms with Crippen molar-refractivity contribution in [1.82, 2.24) is 10.3 Å². The molecule has 0 unspecified atom stereocenters. The molecule has 1 aromatic heterocycles. The van der Waals surface area contributed by atoms with E-state index in [9.17, 15) is 4.79 Å². The molecule has 1 aromatic carbocycles. The normalized spacial score (nSPS) is 9.71. The van der Waals surface area contributed by atoms with Crippen molar-refractivity contribution in [3.05, 3.63) is 58.9 Å². The molecule has 0 saturated carbocycles.